The van der Waals surface area contributed by atoms with Gasteiger partial charge >= 0.3 is 0 Å². The van der Waals surface area contributed by atoms with Gasteiger partial charge in [0.05, 0.1) is 0 Å². The fourth-order valence-corrected chi connectivity index (χ4v) is 2.35. The normalized spacial score (nSPS) is 17.8. The van der Waals surface area contributed by atoms with Crippen LogP contribution in [-0.4, -0.2) is 0 Å². The van der Waals surface area contributed by atoms with Crippen molar-refractivity contribution in [3.05, 3.63) is 0 Å². The minimum Gasteiger partial charge on any atom is -0.0654 e. The number of hydrogen-bond acceptors (Lipinski definition) is 0. The second-order valence-electron chi connectivity index (χ2n) is 5.73. The van der Waals surface area contributed by atoms with Crippen LogP contribution < -0.4 is 0 Å². The van der Waals surface area contributed by atoms with Gasteiger partial charge in [-0.3, -0.25) is 0 Å². The lowest BCUT2D eigenvalue weighted by atomic mass is 9.82. The molecule has 0 saturated heterocycles. The van der Waals surface area contributed by atoms with E-state index in [1.54, 1.807) is 0 Å². The van der Waals surface area contributed by atoms with E-state index in [9.17, 15) is 0 Å². The quantitative estimate of drug-likeness (QED) is 0.497. The standard InChI is InChI=1S/C15H32/c1-7-9-15(12(3)4)11-10-14(6)13(5)8-2/h12-15H,7-11H2,1-6H3. The van der Waals surface area contributed by atoms with E-state index in [0.29, 0.717) is 0 Å². The first-order valence-electron chi connectivity index (χ1n) is 7.02. The maximum absolute atomic E-state index is 2.43. The van der Waals surface area contributed by atoms with E-state index in [2.05, 4.69) is 41.5 Å². The Bertz CT molecular complexity index is 137. The Morgan fingerprint density at radius 1 is 0.733 bits per heavy atom. The molecule has 0 heterocycles. The molecule has 0 aromatic heterocycles. The Morgan fingerprint density at radius 2 is 1.33 bits per heavy atom. The monoisotopic (exact) mass is 212 g/mol. The van der Waals surface area contributed by atoms with Gasteiger partial charge in [0.15, 0.2) is 0 Å². The zero-order chi connectivity index (χ0) is 11.8. The summed E-state index contributed by atoms with van der Waals surface area (Å²) in [5.74, 6) is 3.64. The maximum atomic E-state index is 2.43. The molecule has 0 heteroatoms. The lowest BCUT2D eigenvalue weighted by molar-refractivity contribution is 0.271. The summed E-state index contributed by atoms with van der Waals surface area (Å²) in [7, 11) is 0. The van der Waals surface area contributed by atoms with E-state index in [4.69, 9.17) is 0 Å². The van der Waals surface area contributed by atoms with Crippen LogP contribution in [0.2, 0.25) is 0 Å². The minimum absolute atomic E-state index is 0.870. The summed E-state index contributed by atoms with van der Waals surface area (Å²) in [6.07, 6.45) is 6.97. The first-order chi connectivity index (χ1) is 7.02. The number of hydrogen-bond donors (Lipinski definition) is 0. The highest BCUT2D eigenvalue weighted by molar-refractivity contribution is 4.67. The molecule has 0 spiro atoms. The van der Waals surface area contributed by atoms with E-state index in [1.807, 2.05) is 0 Å². The molecule has 15 heavy (non-hydrogen) atoms. The van der Waals surface area contributed by atoms with Gasteiger partial charge in [0.1, 0.15) is 0 Å². The van der Waals surface area contributed by atoms with Crippen molar-refractivity contribution in [3.8, 4) is 0 Å². The molecule has 0 aromatic rings. The molecule has 0 aromatic carbocycles. The van der Waals surface area contributed by atoms with Gasteiger partial charge in [0.2, 0.25) is 0 Å². The van der Waals surface area contributed by atoms with Gasteiger partial charge in [-0.15, -0.1) is 0 Å². The Morgan fingerprint density at radius 3 is 1.73 bits per heavy atom. The van der Waals surface area contributed by atoms with Crippen molar-refractivity contribution in [2.24, 2.45) is 23.7 Å². The molecule has 0 aliphatic carbocycles. The van der Waals surface area contributed by atoms with Crippen LogP contribution in [0.3, 0.4) is 0 Å². The lowest BCUT2D eigenvalue weighted by Gasteiger charge is -2.24. The highest BCUT2D eigenvalue weighted by Gasteiger charge is 2.16. The summed E-state index contributed by atoms with van der Waals surface area (Å²) in [4.78, 5) is 0. The Kier molecular flexibility index (Phi) is 8.19. The third-order valence-corrected chi connectivity index (χ3v) is 4.21. The van der Waals surface area contributed by atoms with Crippen LogP contribution in [0.25, 0.3) is 0 Å². The largest absolute Gasteiger partial charge is 0.0654 e. The van der Waals surface area contributed by atoms with Crippen LogP contribution in [0.5, 0.6) is 0 Å². The molecule has 0 N–H and O–H groups in total. The Labute approximate surface area is 97.8 Å². The molecule has 0 amide bonds. The smallest absolute Gasteiger partial charge is 0.0391 e. The third-order valence-electron chi connectivity index (χ3n) is 4.21. The fraction of sp³-hybridized carbons (Fsp3) is 1.00. The first-order valence-corrected chi connectivity index (χ1v) is 7.02. The average Bonchev–Trinajstić information content (AvgIpc) is 2.21. The molecular formula is C15H32. The zero-order valence-electron chi connectivity index (χ0n) is 11.8. The lowest BCUT2D eigenvalue weighted by Crippen LogP contribution is -2.13. The third kappa shape index (κ3) is 6.22. The van der Waals surface area contributed by atoms with Gasteiger partial charge in [-0.2, -0.15) is 0 Å². The van der Waals surface area contributed by atoms with Gasteiger partial charge in [-0.1, -0.05) is 67.2 Å². The second-order valence-corrected chi connectivity index (χ2v) is 5.73. The van der Waals surface area contributed by atoms with E-state index < -0.39 is 0 Å². The molecule has 3 unspecified atom stereocenters. The van der Waals surface area contributed by atoms with Crippen molar-refractivity contribution in [2.45, 2.75) is 73.6 Å². The minimum atomic E-state index is 0.870. The molecule has 0 saturated carbocycles. The van der Waals surface area contributed by atoms with Crippen LogP contribution in [0.4, 0.5) is 0 Å². The Balaban J connectivity index is 3.87. The van der Waals surface area contributed by atoms with Gasteiger partial charge in [-0.25, -0.2) is 0 Å². The van der Waals surface area contributed by atoms with Crippen molar-refractivity contribution < 1.29 is 0 Å². The summed E-state index contributed by atoms with van der Waals surface area (Å²) in [5.41, 5.74) is 0. The number of rotatable bonds is 8. The predicted octanol–water partition coefficient (Wildman–Crippen LogP) is 5.52. The molecule has 0 aliphatic rings. The van der Waals surface area contributed by atoms with Crippen molar-refractivity contribution in [3.63, 3.8) is 0 Å². The van der Waals surface area contributed by atoms with Crippen molar-refractivity contribution in [1.82, 2.24) is 0 Å². The van der Waals surface area contributed by atoms with E-state index in [1.165, 1.54) is 32.1 Å². The second kappa shape index (κ2) is 8.19. The molecule has 0 radical (unpaired) electrons. The summed E-state index contributed by atoms with van der Waals surface area (Å²) in [6, 6.07) is 0. The van der Waals surface area contributed by atoms with E-state index >= 15 is 0 Å². The summed E-state index contributed by atoms with van der Waals surface area (Å²) in [6.45, 7) is 14.2. The first kappa shape index (κ1) is 15.0. The average molecular weight is 212 g/mol. The van der Waals surface area contributed by atoms with Crippen LogP contribution in [-0.2, 0) is 0 Å². The molecule has 0 rings (SSSR count). The molecule has 0 fully saturated rings. The molecule has 92 valence electrons. The van der Waals surface area contributed by atoms with Crippen LogP contribution in [0.1, 0.15) is 73.6 Å². The van der Waals surface area contributed by atoms with Gasteiger partial charge in [0, 0.05) is 0 Å². The van der Waals surface area contributed by atoms with Gasteiger partial charge in [0.25, 0.3) is 0 Å². The highest BCUT2D eigenvalue weighted by atomic mass is 14.2. The SMILES string of the molecule is CCCC(CCC(C)C(C)CC)C(C)C. The fourth-order valence-electron chi connectivity index (χ4n) is 2.35. The molecule has 0 bridgehead atoms. The molecule has 0 aliphatic heterocycles. The van der Waals surface area contributed by atoms with E-state index in [-0.39, 0.29) is 0 Å². The van der Waals surface area contributed by atoms with E-state index in [0.717, 1.165) is 23.7 Å². The van der Waals surface area contributed by atoms with Gasteiger partial charge < -0.3 is 0 Å². The van der Waals surface area contributed by atoms with Crippen molar-refractivity contribution in [1.29, 1.82) is 0 Å². The summed E-state index contributed by atoms with van der Waals surface area (Å²) in [5, 5.41) is 0. The topological polar surface area (TPSA) is 0 Å². The summed E-state index contributed by atoms with van der Waals surface area (Å²) < 4.78 is 0. The summed E-state index contributed by atoms with van der Waals surface area (Å²) >= 11 is 0. The van der Waals surface area contributed by atoms with Crippen LogP contribution in [0, 0.1) is 23.7 Å². The van der Waals surface area contributed by atoms with Crippen molar-refractivity contribution in [2.75, 3.05) is 0 Å². The van der Waals surface area contributed by atoms with Crippen LogP contribution >= 0.6 is 0 Å². The maximum Gasteiger partial charge on any atom is -0.0391 e. The molecular weight excluding hydrogens is 180 g/mol. The molecule has 3 atom stereocenters. The Hall–Kier alpha value is 0. The zero-order valence-corrected chi connectivity index (χ0v) is 11.8. The predicted molar refractivity (Wildman–Crippen MR) is 71.1 cm³/mol. The highest BCUT2D eigenvalue weighted by Crippen LogP contribution is 2.27. The van der Waals surface area contributed by atoms with Crippen molar-refractivity contribution >= 4 is 0 Å². The van der Waals surface area contributed by atoms with Crippen LogP contribution in [0.15, 0.2) is 0 Å². The molecule has 0 nitrogen and oxygen atoms in total. The van der Waals surface area contributed by atoms with Gasteiger partial charge in [-0.05, 0) is 30.1 Å².